The van der Waals surface area contributed by atoms with Gasteiger partial charge in [-0.1, -0.05) is 24.3 Å². The van der Waals surface area contributed by atoms with Crippen LogP contribution in [0.3, 0.4) is 0 Å². The zero-order valence-electron chi connectivity index (χ0n) is 15.9. The smallest absolute Gasteiger partial charge is 0.198 e. The number of benzene rings is 2. The largest absolute Gasteiger partial charge is 0.496 e. The summed E-state index contributed by atoms with van der Waals surface area (Å²) in [4.78, 5) is 38.5. The van der Waals surface area contributed by atoms with E-state index in [0.29, 0.717) is 34.4 Å². The molecule has 2 aliphatic carbocycles. The van der Waals surface area contributed by atoms with E-state index in [1.54, 1.807) is 24.3 Å². The van der Waals surface area contributed by atoms with Crippen LogP contribution >= 0.6 is 0 Å². The molecule has 0 aromatic heterocycles. The summed E-state index contributed by atoms with van der Waals surface area (Å²) in [5, 5.41) is 10.8. The number of ether oxygens (including phenoxy) is 2. The predicted octanol–water partition coefficient (Wildman–Crippen LogP) is 2.29. The molecule has 0 aliphatic heterocycles. The first-order valence-electron chi connectivity index (χ1n) is 9.05. The van der Waals surface area contributed by atoms with Crippen molar-refractivity contribution in [1.29, 1.82) is 0 Å². The number of aliphatic hydroxyl groups is 1. The molecule has 0 heterocycles. The molecule has 28 heavy (non-hydrogen) atoms. The maximum atomic E-state index is 13.3. The van der Waals surface area contributed by atoms with Gasteiger partial charge in [0.15, 0.2) is 17.3 Å². The lowest BCUT2D eigenvalue weighted by atomic mass is 9.73. The molecule has 6 heteroatoms. The molecule has 6 nitrogen and oxygen atoms in total. The van der Waals surface area contributed by atoms with Crippen LogP contribution in [0.2, 0.25) is 0 Å². The molecule has 0 amide bonds. The Morgan fingerprint density at radius 2 is 1.46 bits per heavy atom. The van der Waals surface area contributed by atoms with Gasteiger partial charge in [-0.2, -0.15) is 0 Å². The van der Waals surface area contributed by atoms with Crippen molar-refractivity contribution in [2.45, 2.75) is 31.8 Å². The number of hydrogen-bond donors (Lipinski definition) is 1. The van der Waals surface area contributed by atoms with Crippen molar-refractivity contribution < 1.29 is 29.0 Å². The number of Topliss-reactive ketones (excluding diaryl/α,β-unsaturated/α-hetero) is 1. The number of ketones is 3. The first-order chi connectivity index (χ1) is 13.3. The SMILES string of the molecule is COc1c2c(c(OC)c3c1C(=O)c1ccccc1C3=O)C[C@](O)(C(C)=O)CC2. The van der Waals surface area contributed by atoms with Gasteiger partial charge in [0.05, 0.1) is 25.3 Å². The van der Waals surface area contributed by atoms with Crippen molar-refractivity contribution in [3.8, 4) is 11.5 Å². The first-order valence-corrected chi connectivity index (χ1v) is 9.05. The zero-order chi connectivity index (χ0) is 20.2. The summed E-state index contributed by atoms with van der Waals surface area (Å²) < 4.78 is 11.1. The van der Waals surface area contributed by atoms with Crippen molar-refractivity contribution >= 4 is 17.3 Å². The highest BCUT2D eigenvalue weighted by molar-refractivity contribution is 6.30. The monoisotopic (exact) mass is 380 g/mol. The molecule has 0 unspecified atom stereocenters. The standard InChI is InChI=1S/C22H20O6/c1-11(23)22(26)9-8-14-15(10-22)21(28-3)17-16(20(14)27-2)18(24)12-6-4-5-7-13(12)19(17)25/h4-7,26H,8-10H2,1-3H3/t22-/m0/s1. The Balaban J connectivity index is 2.06. The van der Waals surface area contributed by atoms with Gasteiger partial charge in [0.1, 0.15) is 17.1 Å². The van der Waals surface area contributed by atoms with Crippen molar-refractivity contribution in [3.63, 3.8) is 0 Å². The highest BCUT2D eigenvalue weighted by Crippen LogP contribution is 2.47. The second-order valence-corrected chi connectivity index (χ2v) is 7.24. The second kappa shape index (κ2) is 6.27. The van der Waals surface area contributed by atoms with Gasteiger partial charge in [0, 0.05) is 28.7 Å². The van der Waals surface area contributed by atoms with Crippen LogP contribution in [0.25, 0.3) is 0 Å². The summed E-state index contributed by atoms with van der Waals surface area (Å²) in [7, 11) is 2.87. The summed E-state index contributed by atoms with van der Waals surface area (Å²) in [6, 6.07) is 6.64. The van der Waals surface area contributed by atoms with E-state index in [0.717, 1.165) is 0 Å². The molecule has 0 bridgehead atoms. The summed E-state index contributed by atoms with van der Waals surface area (Å²) >= 11 is 0. The molecule has 0 saturated heterocycles. The summed E-state index contributed by atoms with van der Waals surface area (Å²) in [6.07, 6.45) is 0.557. The third-order valence-electron chi connectivity index (χ3n) is 5.81. The molecule has 144 valence electrons. The number of fused-ring (bicyclic) bond motifs is 3. The Kier molecular flexibility index (Phi) is 4.12. The number of rotatable bonds is 3. The summed E-state index contributed by atoms with van der Waals surface area (Å²) in [5.41, 5.74) is 0.671. The predicted molar refractivity (Wildman–Crippen MR) is 101 cm³/mol. The molecule has 1 N–H and O–H groups in total. The van der Waals surface area contributed by atoms with Crippen LogP contribution in [0.5, 0.6) is 11.5 Å². The van der Waals surface area contributed by atoms with E-state index in [1.807, 2.05) is 0 Å². The fraction of sp³-hybridized carbons (Fsp3) is 0.318. The molecule has 1 atom stereocenters. The normalized spacial score (nSPS) is 20.1. The molecule has 0 radical (unpaired) electrons. The topological polar surface area (TPSA) is 89.9 Å². The maximum absolute atomic E-state index is 13.3. The molecule has 4 rings (SSSR count). The van der Waals surface area contributed by atoms with Crippen LogP contribution in [0.15, 0.2) is 24.3 Å². The van der Waals surface area contributed by atoms with Crippen LogP contribution in [0, 0.1) is 0 Å². The van der Waals surface area contributed by atoms with E-state index in [-0.39, 0.29) is 47.1 Å². The van der Waals surface area contributed by atoms with E-state index >= 15 is 0 Å². The van der Waals surface area contributed by atoms with Gasteiger partial charge in [-0.25, -0.2) is 0 Å². The van der Waals surface area contributed by atoms with Crippen LogP contribution in [0.1, 0.15) is 56.3 Å². The lowest BCUT2D eigenvalue weighted by Gasteiger charge is -2.35. The number of hydrogen-bond acceptors (Lipinski definition) is 6. The molecule has 2 aromatic carbocycles. The van der Waals surface area contributed by atoms with Crippen molar-refractivity contribution in [3.05, 3.63) is 57.6 Å². The van der Waals surface area contributed by atoms with Gasteiger partial charge in [-0.15, -0.1) is 0 Å². The first kappa shape index (κ1) is 18.4. The molecule has 2 aliphatic rings. The quantitative estimate of drug-likeness (QED) is 0.750. The van der Waals surface area contributed by atoms with Crippen LogP contribution < -0.4 is 9.47 Å². The van der Waals surface area contributed by atoms with E-state index in [1.165, 1.54) is 21.1 Å². The van der Waals surface area contributed by atoms with Gasteiger partial charge >= 0.3 is 0 Å². The average Bonchev–Trinajstić information content (AvgIpc) is 2.70. The van der Waals surface area contributed by atoms with Gasteiger partial charge in [0.25, 0.3) is 0 Å². The molecule has 0 fully saturated rings. The Bertz CT molecular complexity index is 1050. The number of carbonyl (C=O) groups excluding carboxylic acids is 3. The van der Waals surface area contributed by atoms with Gasteiger partial charge in [-0.05, 0) is 19.8 Å². The molecular weight excluding hydrogens is 360 g/mol. The third kappa shape index (κ3) is 2.34. The number of methoxy groups -OCH3 is 2. The Hall–Kier alpha value is -2.99. The van der Waals surface area contributed by atoms with E-state index in [9.17, 15) is 19.5 Å². The molecule has 0 saturated carbocycles. The van der Waals surface area contributed by atoms with Gasteiger partial charge in [0.2, 0.25) is 0 Å². The Labute approximate surface area is 162 Å². The summed E-state index contributed by atoms with van der Waals surface area (Å²) in [6.45, 7) is 1.35. The average molecular weight is 380 g/mol. The number of carbonyl (C=O) groups is 3. The fourth-order valence-corrected chi connectivity index (χ4v) is 4.30. The third-order valence-corrected chi connectivity index (χ3v) is 5.81. The molecule has 0 spiro atoms. The van der Waals surface area contributed by atoms with Crippen molar-refractivity contribution in [2.75, 3.05) is 14.2 Å². The van der Waals surface area contributed by atoms with Crippen LogP contribution in [-0.4, -0.2) is 42.3 Å². The Morgan fingerprint density at radius 3 is 1.93 bits per heavy atom. The maximum Gasteiger partial charge on any atom is 0.198 e. The molecular formula is C22H20O6. The second-order valence-electron chi connectivity index (χ2n) is 7.24. The fourth-order valence-electron chi connectivity index (χ4n) is 4.30. The minimum absolute atomic E-state index is 0.00754. The lowest BCUT2D eigenvalue weighted by Crippen LogP contribution is -2.43. The van der Waals surface area contributed by atoms with Crippen molar-refractivity contribution in [2.24, 2.45) is 0 Å². The van der Waals surface area contributed by atoms with E-state index < -0.39 is 5.60 Å². The van der Waals surface area contributed by atoms with Gasteiger partial charge in [-0.3, -0.25) is 14.4 Å². The lowest BCUT2D eigenvalue weighted by molar-refractivity contribution is -0.136. The highest BCUT2D eigenvalue weighted by Gasteiger charge is 2.44. The van der Waals surface area contributed by atoms with E-state index in [2.05, 4.69) is 0 Å². The highest BCUT2D eigenvalue weighted by atomic mass is 16.5. The van der Waals surface area contributed by atoms with Crippen molar-refractivity contribution in [1.82, 2.24) is 0 Å². The van der Waals surface area contributed by atoms with Gasteiger partial charge < -0.3 is 14.6 Å². The summed E-state index contributed by atoms with van der Waals surface area (Å²) in [5.74, 6) is -0.414. The Morgan fingerprint density at radius 1 is 0.964 bits per heavy atom. The van der Waals surface area contributed by atoms with Crippen LogP contribution in [-0.2, 0) is 17.6 Å². The zero-order valence-corrected chi connectivity index (χ0v) is 15.9. The minimum Gasteiger partial charge on any atom is -0.496 e. The minimum atomic E-state index is -1.53. The van der Waals surface area contributed by atoms with Crippen LogP contribution in [0.4, 0.5) is 0 Å². The van der Waals surface area contributed by atoms with E-state index in [4.69, 9.17) is 9.47 Å². The molecule has 2 aromatic rings.